The Hall–Kier alpha value is -5.52. The quantitative estimate of drug-likeness (QED) is 0.107. The maximum Gasteiger partial charge on any atom is 0.303 e. The van der Waals surface area contributed by atoms with Crippen LogP contribution in [-0.2, 0) is 58.0 Å². The third-order valence-electron chi connectivity index (χ3n) is 6.68. The third kappa shape index (κ3) is 9.24. The maximum atomic E-state index is 11.5. The third-order valence-corrected chi connectivity index (χ3v) is 6.68. The van der Waals surface area contributed by atoms with E-state index in [1.165, 1.54) is 38.1 Å². The van der Waals surface area contributed by atoms with Crippen molar-refractivity contribution in [2.75, 3.05) is 0 Å². The zero-order valence-electron chi connectivity index (χ0n) is 24.2. The standard InChI is InChI=1S/C32H30N4O8/c1-21(37)43-19-27-15-25(5-3-23-7-11-29(12-8-23)35(39)40)17-31(33-27)32-18-26(16-28(34-32)20-44-22(2)38)6-4-24-9-13-30(14-10-24)36(41)42/h7-18H,3-6,19-20H2,1-2H3. The van der Waals surface area contributed by atoms with Gasteiger partial charge in [-0.05, 0) is 72.2 Å². The lowest BCUT2D eigenvalue weighted by Gasteiger charge is -2.12. The van der Waals surface area contributed by atoms with Gasteiger partial charge in [0.15, 0.2) is 0 Å². The number of esters is 2. The number of hydrogen-bond acceptors (Lipinski definition) is 10. The van der Waals surface area contributed by atoms with Crippen molar-refractivity contribution in [3.05, 3.63) is 127 Å². The molecule has 2 aromatic carbocycles. The van der Waals surface area contributed by atoms with Gasteiger partial charge in [-0.25, -0.2) is 9.97 Å². The number of nitro groups is 2. The molecule has 2 aromatic heterocycles. The van der Waals surface area contributed by atoms with E-state index in [1.807, 2.05) is 24.3 Å². The number of nitro benzene ring substituents is 2. The zero-order valence-corrected chi connectivity index (χ0v) is 24.2. The minimum Gasteiger partial charge on any atom is -0.459 e. The van der Waals surface area contributed by atoms with Crippen molar-refractivity contribution in [1.29, 1.82) is 0 Å². The van der Waals surface area contributed by atoms with Gasteiger partial charge in [0.25, 0.3) is 11.4 Å². The highest BCUT2D eigenvalue weighted by Crippen LogP contribution is 2.24. The van der Waals surface area contributed by atoms with Crippen molar-refractivity contribution in [3.8, 4) is 11.4 Å². The summed E-state index contributed by atoms with van der Waals surface area (Å²) in [7, 11) is 0. The molecule has 0 unspecified atom stereocenters. The second kappa shape index (κ2) is 14.6. The molecule has 0 bridgehead atoms. The summed E-state index contributed by atoms with van der Waals surface area (Å²) in [5, 5.41) is 22.0. The molecule has 0 saturated heterocycles. The molecule has 226 valence electrons. The first-order valence-electron chi connectivity index (χ1n) is 13.8. The Labute approximate surface area is 253 Å². The van der Waals surface area contributed by atoms with Gasteiger partial charge < -0.3 is 9.47 Å². The molecule has 12 nitrogen and oxygen atoms in total. The van der Waals surface area contributed by atoms with Crippen molar-refractivity contribution in [3.63, 3.8) is 0 Å². The number of non-ortho nitro benzene ring substituents is 2. The highest BCUT2D eigenvalue weighted by atomic mass is 16.6. The van der Waals surface area contributed by atoms with Crippen molar-refractivity contribution < 1.29 is 28.9 Å². The SMILES string of the molecule is CC(=O)OCc1cc(CCc2ccc([N+](=O)[O-])cc2)cc(-c2cc(CCc3ccc([N+](=O)[O-])cc3)cc(COC(C)=O)n2)n1. The first-order valence-corrected chi connectivity index (χ1v) is 13.8. The van der Waals surface area contributed by atoms with Gasteiger partial charge in [-0.2, -0.15) is 0 Å². The summed E-state index contributed by atoms with van der Waals surface area (Å²) >= 11 is 0. The lowest BCUT2D eigenvalue weighted by atomic mass is 10.0. The van der Waals surface area contributed by atoms with Crippen LogP contribution in [0.4, 0.5) is 11.4 Å². The summed E-state index contributed by atoms with van der Waals surface area (Å²) in [5.41, 5.74) is 5.80. The van der Waals surface area contributed by atoms with Crippen molar-refractivity contribution in [2.24, 2.45) is 0 Å². The average molecular weight is 599 g/mol. The van der Waals surface area contributed by atoms with Crippen LogP contribution in [0.15, 0.2) is 72.8 Å². The van der Waals surface area contributed by atoms with Gasteiger partial charge in [-0.3, -0.25) is 29.8 Å². The molecule has 44 heavy (non-hydrogen) atoms. The molecule has 0 N–H and O–H groups in total. The number of ether oxygens (including phenoxy) is 2. The number of pyridine rings is 2. The molecule has 0 spiro atoms. The van der Waals surface area contributed by atoms with Crippen LogP contribution in [0, 0.1) is 20.2 Å². The Morgan fingerprint density at radius 2 is 0.932 bits per heavy atom. The minimum absolute atomic E-state index is 0.0210. The molecule has 4 rings (SSSR count). The molecule has 12 heteroatoms. The van der Waals surface area contributed by atoms with Crippen molar-refractivity contribution in [1.82, 2.24) is 9.97 Å². The Kier molecular flexibility index (Phi) is 10.4. The molecular weight excluding hydrogens is 568 g/mol. The van der Waals surface area contributed by atoms with E-state index in [2.05, 4.69) is 0 Å². The Morgan fingerprint density at radius 1 is 0.591 bits per heavy atom. The fourth-order valence-corrected chi connectivity index (χ4v) is 4.50. The predicted octanol–water partition coefficient (Wildman–Crippen LogP) is 5.66. The van der Waals surface area contributed by atoms with E-state index in [1.54, 1.807) is 24.3 Å². The summed E-state index contributed by atoms with van der Waals surface area (Å²) < 4.78 is 10.4. The van der Waals surface area contributed by atoms with E-state index in [0.29, 0.717) is 48.5 Å². The summed E-state index contributed by atoms with van der Waals surface area (Å²) in [6, 6.07) is 20.2. The summed E-state index contributed by atoms with van der Waals surface area (Å²) in [6.07, 6.45) is 2.38. The number of carbonyl (C=O) groups excluding carboxylic acids is 2. The molecule has 0 radical (unpaired) electrons. The molecule has 0 fully saturated rings. The number of benzene rings is 2. The van der Waals surface area contributed by atoms with E-state index >= 15 is 0 Å². The molecule has 0 aliphatic heterocycles. The fourth-order valence-electron chi connectivity index (χ4n) is 4.50. The topological polar surface area (TPSA) is 165 Å². The van der Waals surface area contributed by atoms with Gasteiger partial charge >= 0.3 is 11.9 Å². The molecule has 2 heterocycles. The zero-order chi connectivity index (χ0) is 31.6. The van der Waals surface area contributed by atoms with Crippen LogP contribution in [-0.4, -0.2) is 31.8 Å². The highest BCUT2D eigenvalue weighted by Gasteiger charge is 2.13. The predicted molar refractivity (Wildman–Crippen MR) is 159 cm³/mol. The van der Waals surface area contributed by atoms with Gasteiger partial charge in [-0.1, -0.05) is 24.3 Å². The van der Waals surface area contributed by atoms with Crippen LogP contribution in [0.1, 0.15) is 47.5 Å². The first-order chi connectivity index (χ1) is 21.0. The molecular formula is C32H30N4O8. The number of carbonyl (C=O) groups is 2. The van der Waals surface area contributed by atoms with Gasteiger partial charge in [0.05, 0.1) is 32.6 Å². The lowest BCUT2D eigenvalue weighted by Crippen LogP contribution is -2.06. The summed E-state index contributed by atoms with van der Waals surface area (Å²) in [4.78, 5) is 53.5. The molecule has 0 aliphatic rings. The van der Waals surface area contributed by atoms with Gasteiger partial charge in [0.1, 0.15) is 13.2 Å². The Morgan fingerprint density at radius 3 is 1.25 bits per heavy atom. The van der Waals surface area contributed by atoms with Crippen LogP contribution in [0.25, 0.3) is 11.4 Å². The maximum absolute atomic E-state index is 11.5. The second-order valence-electron chi connectivity index (χ2n) is 10.1. The highest BCUT2D eigenvalue weighted by molar-refractivity contribution is 5.66. The van der Waals surface area contributed by atoms with Crippen LogP contribution in [0.5, 0.6) is 0 Å². The largest absolute Gasteiger partial charge is 0.459 e. The Balaban J connectivity index is 1.63. The first kappa shape index (κ1) is 31.4. The molecule has 0 atom stereocenters. The van der Waals surface area contributed by atoms with Crippen molar-refractivity contribution in [2.45, 2.75) is 52.7 Å². The number of rotatable bonds is 13. The van der Waals surface area contributed by atoms with Crippen LogP contribution in [0.2, 0.25) is 0 Å². The summed E-state index contributed by atoms with van der Waals surface area (Å²) in [6.45, 7) is 2.56. The van der Waals surface area contributed by atoms with E-state index < -0.39 is 21.8 Å². The molecule has 4 aromatic rings. The van der Waals surface area contributed by atoms with E-state index in [9.17, 15) is 29.8 Å². The normalized spacial score (nSPS) is 10.7. The van der Waals surface area contributed by atoms with Crippen LogP contribution >= 0.6 is 0 Å². The molecule has 0 aliphatic carbocycles. The molecule has 0 saturated carbocycles. The van der Waals surface area contributed by atoms with Crippen LogP contribution in [0.3, 0.4) is 0 Å². The van der Waals surface area contributed by atoms with E-state index in [-0.39, 0.29) is 24.6 Å². The second-order valence-corrected chi connectivity index (χ2v) is 10.1. The number of hydrogen-bond donors (Lipinski definition) is 0. The lowest BCUT2D eigenvalue weighted by molar-refractivity contribution is -0.385. The average Bonchev–Trinajstić information content (AvgIpc) is 3.01. The van der Waals surface area contributed by atoms with Gasteiger partial charge in [-0.15, -0.1) is 0 Å². The van der Waals surface area contributed by atoms with E-state index in [4.69, 9.17) is 19.4 Å². The number of aryl methyl sites for hydroxylation is 4. The van der Waals surface area contributed by atoms with E-state index in [0.717, 1.165) is 22.3 Å². The number of nitrogens with zero attached hydrogens (tertiary/aromatic N) is 4. The van der Waals surface area contributed by atoms with Gasteiger partial charge in [0.2, 0.25) is 0 Å². The molecule has 0 amide bonds. The summed E-state index contributed by atoms with van der Waals surface area (Å²) in [5.74, 6) is -0.890. The van der Waals surface area contributed by atoms with Crippen molar-refractivity contribution >= 4 is 23.3 Å². The smallest absolute Gasteiger partial charge is 0.303 e. The monoisotopic (exact) mass is 598 g/mol. The van der Waals surface area contributed by atoms with Gasteiger partial charge in [0, 0.05) is 38.1 Å². The Bertz CT molecular complexity index is 1550. The number of aromatic nitrogens is 2. The fraction of sp³-hybridized carbons (Fsp3) is 0.250. The minimum atomic E-state index is -0.445. The van der Waals surface area contributed by atoms with Crippen LogP contribution < -0.4 is 0 Å².